The molecule has 1 atom stereocenters. The zero-order valence-electron chi connectivity index (χ0n) is 9.88. The highest BCUT2D eigenvalue weighted by atomic mass is 32.1. The van der Waals surface area contributed by atoms with Gasteiger partial charge < -0.3 is 10.6 Å². The Morgan fingerprint density at radius 2 is 2.00 bits per heavy atom. The Morgan fingerprint density at radius 1 is 1.47 bits per heavy atom. The van der Waals surface area contributed by atoms with Crippen molar-refractivity contribution in [3.8, 4) is 0 Å². The molecule has 3 nitrogen and oxygen atoms in total. The molecule has 7 heteroatoms. The molecule has 17 heavy (non-hydrogen) atoms. The van der Waals surface area contributed by atoms with Gasteiger partial charge in [-0.25, -0.2) is 0 Å². The van der Waals surface area contributed by atoms with Crippen molar-refractivity contribution in [1.82, 2.24) is 4.90 Å². The first kappa shape index (κ1) is 16.1. The van der Waals surface area contributed by atoms with Gasteiger partial charge in [-0.2, -0.15) is 13.2 Å². The average molecular weight is 270 g/mol. The van der Waals surface area contributed by atoms with Crippen molar-refractivity contribution in [2.45, 2.75) is 32.9 Å². The Bertz CT molecular complexity index is 281. The second-order valence-electron chi connectivity index (χ2n) is 3.85. The van der Waals surface area contributed by atoms with Gasteiger partial charge in [-0.15, -0.1) is 0 Å². The van der Waals surface area contributed by atoms with Gasteiger partial charge in [0.05, 0.1) is 11.4 Å². The van der Waals surface area contributed by atoms with E-state index in [2.05, 4.69) is 0 Å². The number of alkyl halides is 3. The van der Waals surface area contributed by atoms with E-state index in [0.717, 1.165) is 0 Å². The third-order valence-corrected chi connectivity index (χ3v) is 2.74. The molecule has 0 fully saturated rings. The Hall–Kier alpha value is -0.850. The van der Waals surface area contributed by atoms with E-state index in [1.165, 1.54) is 4.90 Å². The lowest BCUT2D eigenvalue weighted by molar-refractivity contribution is -0.149. The zero-order chi connectivity index (χ0) is 13.6. The summed E-state index contributed by atoms with van der Waals surface area (Å²) in [6.07, 6.45) is -5.92. The molecule has 0 aliphatic carbocycles. The van der Waals surface area contributed by atoms with Crippen LogP contribution in [0.3, 0.4) is 0 Å². The highest BCUT2D eigenvalue weighted by Gasteiger charge is 2.29. The van der Waals surface area contributed by atoms with Crippen molar-refractivity contribution in [3.05, 3.63) is 0 Å². The van der Waals surface area contributed by atoms with Gasteiger partial charge in [0.15, 0.2) is 0 Å². The van der Waals surface area contributed by atoms with Crippen LogP contribution < -0.4 is 5.73 Å². The second-order valence-corrected chi connectivity index (χ2v) is 4.32. The van der Waals surface area contributed by atoms with E-state index >= 15 is 0 Å². The van der Waals surface area contributed by atoms with Crippen LogP contribution in [0.25, 0.3) is 0 Å². The second kappa shape index (κ2) is 6.78. The third-order valence-electron chi connectivity index (χ3n) is 2.34. The lowest BCUT2D eigenvalue weighted by Gasteiger charge is -2.24. The molecule has 1 unspecified atom stereocenters. The van der Waals surface area contributed by atoms with E-state index in [9.17, 15) is 18.0 Å². The molecule has 0 spiro atoms. The molecule has 0 aromatic rings. The molecule has 0 saturated heterocycles. The number of hydrogen-bond donors (Lipinski definition) is 1. The number of carbonyl (C=O) groups excluding carboxylic acids is 1. The van der Waals surface area contributed by atoms with Crippen LogP contribution in [0.4, 0.5) is 13.2 Å². The van der Waals surface area contributed by atoms with Crippen LogP contribution in [0.15, 0.2) is 0 Å². The number of thiocarbonyl (C=S) groups is 1. The Kier molecular flexibility index (Phi) is 6.44. The molecule has 0 radical (unpaired) electrons. The van der Waals surface area contributed by atoms with Crippen LogP contribution in [-0.4, -0.2) is 35.1 Å². The van der Waals surface area contributed by atoms with Crippen molar-refractivity contribution in [1.29, 1.82) is 0 Å². The van der Waals surface area contributed by atoms with Crippen molar-refractivity contribution < 1.29 is 18.0 Å². The summed E-state index contributed by atoms with van der Waals surface area (Å²) >= 11 is 4.75. The molecule has 0 heterocycles. The highest BCUT2D eigenvalue weighted by molar-refractivity contribution is 7.80. The topological polar surface area (TPSA) is 46.3 Å². The van der Waals surface area contributed by atoms with Gasteiger partial charge in [0.25, 0.3) is 0 Å². The quantitative estimate of drug-likeness (QED) is 0.752. The van der Waals surface area contributed by atoms with E-state index in [1.54, 1.807) is 13.8 Å². The van der Waals surface area contributed by atoms with Crippen LogP contribution in [0, 0.1) is 5.92 Å². The minimum absolute atomic E-state index is 0.195. The smallest absolute Gasteiger partial charge is 0.389 e. The normalized spacial score (nSPS) is 13.2. The van der Waals surface area contributed by atoms with E-state index in [-0.39, 0.29) is 17.5 Å². The van der Waals surface area contributed by atoms with Gasteiger partial charge in [0, 0.05) is 25.4 Å². The molecule has 100 valence electrons. The number of rotatable bonds is 6. The Morgan fingerprint density at radius 3 is 2.35 bits per heavy atom. The summed E-state index contributed by atoms with van der Waals surface area (Å²) in [4.78, 5) is 13.1. The maximum Gasteiger partial charge on any atom is 0.389 e. The highest BCUT2D eigenvalue weighted by Crippen LogP contribution is 2.21. The SMILES string of the molecule is CCN(CC(C)C(N)=S)C(=O)CCC(F)(F)F. The minimum Gasteiger partial charge on any atom is -0.393 e. The predicted molar refractivity (Wildman–Crippen MR) is 63.5 cm³/mol. The van der Waals surface area contributed by atoms with Crippen molar-refractivity contribution in [2.75, 3.05) is 13.1 Å². The predicted octanol–water partition coefficient (Wildman–Crippen LogP) is 2.10. The minimum atomic E-state index is -4.30. The van der Waals surface area contributed by atoms with Gasteiger partial charge in [-0.05, 0) is 6.92 Å². The number of nitrogens with zero attached hydrogens (tertiary/aromatic N) is 1. The van der Waals surface area contributed by atoms with Crippen molar-refractivity contribution >= 4 is 23.1 Å². The summed E-state index contributed by atoms with van der Waals surface area (Å²) in [6, 6.07) is 0. The Labute approximate surface area is 104 Å². The number of amides is 1. The molecule has 0 bridgehead atoms. The van der Waals surface area contributed by atoms with E-state index in [1.807, 2.05) is 0 Å². The van der Waals surface area contributed by atoms with E-state index in [4.69, 9.17) is 18.0 Å². The molecule has 0 aliphatic heterocycles. The number of halogens is 3. The zero-order valence-corrected chi connectivity index (χ0v) is 10.7. The fraction of sp³-hybridized carbons (Fsp3) is 0.800. The molecule has 0 saturated carbocycles. The summed E-state index contributed by atoms with van der Waals surface area (Å²) in [5, 5.41) is 0. The molecule has 0 aliphatic rings. The first-order valence-corrected chi connectivity index (χ1v) is 5.72. The third kappa shape index (κ3) is 7.14. The van der Waals surface area contributed by atoms with Crippen LogP contribution in [-0.2, 0) is 4.79 Å². The maximum atomic E-state index is 12.0. The standard InChI is InChI=1S/C10H17F3N2OS/c1-3-15(6-7(2)9(14)17)8(16)4-5-10(11,12)13/h7H,3-6H2,1-2H3,(H2,14,17). The molecule has 1 amide bonds. The molecule has 2 N–H and O–H groups in total. The lowest BCUT2D eigenvalue weighted by atomic mass is 10.1. The summed E-state index contributed by atoms with van der Waals surface area (Å²) in [5.74, 6) is -0.715. The monoisotopic (exact) mass is 270 g/mol. The van der Waals surface area contributed by atoms with Gasteiger partial charge in [0.2, 0.25) is 5.91 Å². The summed E-state index contributed by atoms with van der Waals surface area (Å²) < 4.78 is 35.9. The fourth-order valence-electron chi connectivity index (χ4n) is 1.23. The number of nitrogens with two attached hydrogens (primary N) is 1. The first-order valence-electron chi connectivity index (χ1n) is 5.31. The molecule has 0 aromatic carbocycles. The molecular formula is C10H17F3N2OS. The maximum absolute atomic E-state index is 12.0. The summed E-state index contributed by atoms with van der Waals surface area (Å²) in [5.41, 5.74) is 5.40. The van der Waals surface area contributed by atoms with Crippen LogP contribution in [0.5, 0.6) is 0 Å². The average Bonchev–Trinajstić information content (AvgIpc) is 2.20. The lowest BCUT2D eigenvalue weighted by Crippen LogP contribution is -2.38. The fourth-order valence-corrected chi connectivity index (χ4v) is 1.31. The van der Waals surface area contributed by atoms with Crippen LogP contribution in [0.2, 0.25) is 0 Å². The molecule has 0 rings (SSSR count). The van der Waals surface area contributed by atoms with Gasteiger partial charge in [-0.3, -0.25) is 4.79 Å². The van der Waals surface area contributed by atoms with Crippen molar-refractivity contribution in [3.63, 3.8) is 0 Å². The summed E-state index contributed by atoms with van der Waals surface area (Å²) in [6.45, 7) is 4.06. The van der Waals surface area contributed by atoms with Gasteiger partial charge >= 0.3 is 6.18 Å². The Balaban J connectivity index is 4.27. The van der Waals surface area contributed by atoms with Crippen molar-refractivity contribution in [2.24, 2.45) is 11.7 Å². The molecule has 0 aromatic heterocycles. The first-order chi connectivity index (χ1) is 7.67. The number of hydrogen-bond acceptors (Lipinski definition) is 2. The largest absolute Gasteiger partial charge is 0.393 e. The van der Waals surface area contributed by atoms with E-state index in [0.29, 0.717) is 6.54 Å². The van der Waals surface area contributed by atoms with Crippen LogP contribution in [0.1, 0.15) is 26.7 Å². The van der Waals surface area contributed by atoms with Crippen LogP contribution >= 0.6 is 12.2 Å². The van der Waals surface area contributed by atoms with Gasteiger partial charge in [-0.1, -0.05) is 19.1 Å². The molecular weight excluding hydrogens is 253 g/mol. The van der Waals surface area contributed by atoms with E-state index < -0.39 is 24.9 Å². The number of carbonyl (C=O) groups is 1. The van der Waals surface area contributed by atoms with Gasteiger partial charge in [0.1, 0.15) is 0 Å². The summed E-state index contributed by atoms with van der Waals surface area (Å²) in [7, 11) is 0.